The van der Waals surface area contributed by atoms with Gasteiger partial charge in [-0.05, 0) is 13.8 Å². The van der Waals surface area contributed by atoms with Crippen molar-refractivity contribution in [3.05, 3.63) is 0 Å². The van der Waals surface area contributed by atoms with Gasteiger partial charge < -0.3 is 38.1 Å². The third kappa shape index (κ3) is 23.4. The van der Waals surface area contributed by atoms with Crippen molar-refractivity contribution >= 4 is 11.7 Å². The molecule has 0 saturated heterocycles. The smallest absolute Gasteiger partial charge is 0.225 e. The molecule has 0 heterocycles. The molecule has 0 N–H and O–H groups in total. The fourth-order valence-corrected chi connectivity index (χ4v) is 2.24. The average molecular weight is 452 g/mol. The van der Waals surface area contributed by atoms with Crippen LogP contribution in [0.1, 0.15) is 20.3 Å². The normalized spacial score (nSPS) is 11.1. The van der Waals surface area contributed by atoms with Crippen LogP contribution in [0, 0.1) is 0 Å². The molecule has 184 valence electrons. The molecule has 0 bridgehead atoms. The number of amides is 1. The number of likely N-dealkylation sites (N-methyl/N-ethyl adjacent to an activating group) is 1. The van der Waals surface area contributed by atoms with Gasteiger partial charge in [-0.2, -0.15) is 0 Å². The summed E-state index contributed by atoms with van der Waals surface area (Å²) in [5.41, 5.74) is 0. The number of nitrogens with zero attached hydrogens (tertiary/aromatic N) is 1. The number of ketones is 1. The van der Waals surface area contributed by atoms with E-state index in [0.29, 0.717) is 92.5 Å². The first-order valence-corrected chi connectivity index (χ1v) is 10.9. The second-order valence-electron chi connectivity index (χ2n) is 6.57. The maximum atomic E-state index is 11.7. The monoisotopic (exact) mass is 451 g/mol. The van der Waals surface area contributed by atoms with Gasteiger partial charge in [-0.15, -0.1) is 0 Å². The van der Waals surface area contributed by atoms with Gasteiger partial charge >= 0.3 is 0 Å². The molecule has 0 aliphatic rings. The molecule has 0 radical (unpaired) electrons. The Balaban J connectivity index is 3.15. The van der Waals surface area contributed by atoms with Gasteiger partial charge in [-0.3, -0.25) is 9.59 Å². The molecule has 0 spiro atoms. The number of hydrogen-bond acceptors (Lipinski definition) is 9. The Labute approximate surface area is 186 Å². The Bertz CT molecular complexity index is 424. The van der Waals surface area contributed by atoms with Crippen LogP contribution in [0.2, 0.25) is 0 Å². The maximum Gasteiger partial charge on any atom is 0.225 e. The summed E-state index contributed by atoms with van der Waals surface area (Å²) in [6.45, 7) is 10.7. The average Bonchev–Trinajstić information content (AvgIpc) is 2.74. The minimum Gasteiger partial charge on any atom is -0.379 e. The lowest BCUT2D eigenvalue weighted by molar-refractivity contribution is -0.134. The SMILES string of the molecule is CCOCCOCCOCCOCCOCCOCCOCCC(=O)N(C)CC(C)=O. The van der Waals surface area contributed by atoms with Crippen LogP contribution < -0.4 is 0 Å². The van der Waals surface area contributed by atoms with Crippen LogP contribution in [0.5, 0.6) is 0 Å². The molecule has 10 nitrogen and oxygen atoms in total. The summed E-state index contributed by atoms with van der Waals surface area (Å²) in [6, 6.07) is 0. The maximum absolute atomic E-state index is 11.7. The van der Waals surface area contributed by atoms with Gasteiger partial charge in [0, 0.05) is 13.7 Å². The minimum absolute atomic E-state index is 0.0427. The molecule has 10 heteroatoms. The van der Waals surface area contributed by atoms with E-state index >= 15 is 0 Å². The lowest BCUT2D eigenvalue weighted by Crippen LogP contribution is -2.31. The zero-order valence-electron chi connectivity index (χ0n) is 19.4. The zero-order valence-corrected chi connectivity index (χ0v) is 19.4. The summed E-state index contributed by atoms with van der Waals surface area (Å²) >= 11 is 0. The van der Waals surface area contributed by atoms with Crippen molar-refractivity contribution in [3.8, 4) is 0 Å². The second kappa shape index (κ2) is 23.5. The first-order chi connectivity index (χ1) is 15.1. The summed E-state index contributed by atoms with van der Waals surface area (Å²) < 4.78 is 37.4. The number of carbonyl (C=O) groups excluding carboxylic acids is 2. The molecule has 0 aliphatic carbocycles. The molecular formula is C21H41NO9. The molecule has 0 aromatic rings. The number of hydrogen-bond donors (Lipinski definition) is 0. The lowest BCUT2D eigenvalue weighted by atomic mass is 10.3. The number of Topliss-reactive ketones (excluding diaryl/α,β-unsaturated/α-hetero) is 1. The van der Waals surface area contributed by atoms with Crippen molar-refractivity contribution in [1.29, 1.82) is 0 Å². The van der Waals surface area contributed by atoms with Crippen molar-refractivity contribution in [2.75, 3.05) is 106 Å². The molecule has 0 aliphatic heterocycles. The third-order valence-electron chi connectivity index (χ3n) is 3.78. The van der Waals surface area contributed by atoms with Gasteiger partial charge in [-0.1, -0.05) is 0 Å². The standard InChI is InChI=1S/C21H41NO9/c1-4-25-7-8-27-11-12-29-15-16-31-18-17-30-14-13-28-10-9-26-6-5-21(24)22(3)19-20(2)23/h4-19H2,1-3H3. The van der Waals surface area contributed by atoms with E-state index in [1.807, 2.05) is 6.92 Å². The number of ether oxygens (including phenoxy) is 7. The minimum atomic E-state index is -0.111. The second-order valence-corrected chi connectivity index (χ2v) is 6.57. The lowest BCUT2D eigenvalue weighted by Gasteiger charge is -2.15. The van der Waals surface area contributed by atoms with Crippen LogP contribution in [0.25, 0.3) is 0 Å². The fourth-order valence-electron chi connectivity index (χ4n) is 2.24. The van der Waals surface area contributed by atoms with Gasteiger partial charge in [0.15, 0.2) is 0 Å². The highest BCUT2D eigenvalue weighted by atomic mass is 16.6. The fraction of sp³-hybridized carbons (Fsp3) is 0.905. The first-order valence-electron chi connectivity index (χ1n) is 10.9. The number of rotatable bonds is 24. The van der Waals surface area contributed by atoms with E-state index < -0.39 is 0 Å². The van der Waals surface area contributed by atoms with Crippen LogP contribution in [0.4, 0.5) is 0 Å². The van der Waals surface area contributed by atoms with Gasteiger partial charge in [0.25, 0.3) is 0 Å². The molecule has 0 saturated carbocycles. The topological polar surface area (TPSA) is 102 Å². The number of carbonyl (C=O) groups is 2. The van der Waals surface area contributed by atoms with E-state index in [4.69, 9.17) is 33.2 Å². The highest BCUT2D eigenvalue weighted by Gasteiger charge is 2.09. The molecular weight excluding hydrogens is 410 g/mol. The van der Waals surface area contributed by atoms with E-state index in [1.54, 1.807) is 7.05 Å². The van der Waals surface area contributed by atoms with E-state index in [-0.39, 0.29) is 24.7 Å². The Morgan fingerprint density at radius 1 is 0.581 bits per heavy atom. The molecule has 0 atom stereocenters. The highest BCUT2D eigenvalue weighted by Crippen LogP contribution is 1.93. The highest BCUT2D eigenvalue weighted by molar-refractivity contribution is 5.84. The molecule has 0 rings (SSSR count). The van der Waals surface area contributed by atoms with Gasteiger partial charge in [-0.25, -0.2) is 0 Å². The molecule has 31 heavy (non-hydrogen) atoms. The first kappa shape index (κ1) is 29.9. The van der Waals surface area contributed by atoms with Crippen LogP contribution in [-0.2, 0) is 42.7 Å². The molecule has 0 fully saturated rings. The summed E-state index contributed by atoms with van der Waals surface area (Å²) in [5.74, 6) is -0.153. The Morgan fingerprint density at radius 2 is 0.903 bits per heavy atom. The molecule has 0 unspecified atom stereocenters. The van der Waals surface area contributed by atoms with Crippen LogP contribution >= 0.6 is 0 Å². The largest absolute Gasteiger partial charge is 0.379 e. The summed E-state index contributed by atoms with van der Waals surface area (Å²) in [6.07, 6.45) is 0.250. The van der Waals surface area contributed by atoms with Crippen LogP contribution in [-0.4, -0.2) is 123 Å². The van der Waals surface area contributed by atoms with Gasteiger partial charge in [0.1, 0.15) is 5.78 Å². The van der Waals surface area contributed by atoms with Crippen molar-refractivity contribution in [2.45, 2.75) is 20.3 Å². The summed E-state index contributed by atoms with van der Waals surface area (Å²) in [4.78, 5) is 24.1. The summed E-state index contributed by atoms with van der Waals surface area (Å²) in [7, 11) is 1.61. The van der Waals surface area contributed by atoms with Crippen LogP contribution in [0.3, 0.4) is 0 Å². The Kier molecular flexibility index (Phi) is 22.7. The molecule has 0 aromatic heterocycles. The van der Waals surface area contributed by atoms with Crippen LogP contribution in [0.15, 0.2) is 0 Å². The van der Waals surface area contributed by atoms with Crippen molar-refractivity contribution < 1.29 is 42.7 Å². The van der Waals surface area contributed by atoms with E-state index in [0.717, 1.165) is 0 Å². The van der Waals surface area contributed by atoms with Crippen molar-refractivity contribution in [1.82, 2.24) is 4.90 Å². The van der Waals surface area contributed by atoms with Gasteiger partial charge in [0.05, 0.1) is 98.9 Å². The summed E-state index contributed by atoms with van der Waals surface area (Å²) in [5, 5.41) is 0. The van der Waals surface area contributed by atoms with E-state index in [1.165, 1.54) is 11.8 Å². The van der Waals surface area contributed by atoms with Gasteiger partial charge in [0.2, 0.25) is 5.91 Å². The predicted molar refractivity (Wildman–Crippen MR) is 114 cm³/mol. The quantitative estimate of drug-likeness (QED) is 0.195. The van der Waals surface area contributed by atoms with E-state index in [9.17, 15) is 9.59 Å². The third-order valence-corrected chi connectivity index (χ3v) is 3.78. The Morgan fingerprint density at radius 3 is 1.23 bits per heavy atom. The predicted octanol–water partition coefficient (Wildman–Crippen LogP) is 0.560. The van der Waals surface area contributed by atoms with Crippen molar-refractivity contribution in [2.24, 2.45) is 0 Å². The Hall–Kier alpha value is -1.14. The molecule has 1 amide bonds. The van der Waals surface area contributed by atoms with E-state index in [2.05, 4.69) is 0 Å². The molecule has 0 aromatic carbocycles. The zero-order chi connectivity index (χ0) is 23.0. The van der Waals surface area contributed by atoms with Crippen molar-refractivity contribution in [3.63, 3.8) is 0 Å².